The van der Waals surface area contributed by atoms with E-state index in [4.69, 9.17) is 21.1 Å². The first-order valence-corrected chi connectivity index (χ1v) is 8.92. The predicted octanol–water partition coefficient (Wildman–Crippen LogP) is 3.92. The lowest BCUT2D eigenvalue weighted by molar-refractivity contribution is -0.139. The quantitative estimate of drug-likeness (QED) is 0.656. The molecule has 2 aromatic rings. The van der Waals surface area contributed by atoms with Crippen molar-refractivity contribution < 1.29 is 19.4 Å². The smallest absolute Gasteiger partial charge is 0.321 e. The standard InChI is InChI=1S/C20H24ClNO4/c1-3-9-26-19-16(21)10-15(12-18(19)25-2)13-22-17(20(23)24)11-14-7-5-4-6-8-14/h4-8,10,12,17,22H,3,9,11,13H2,1-2H3,(H,23,24)/t17-/m0/s1. The van der Waals surface area contributed by atoms with Crippen molar-refractivity contribution in [2.75, 3.05) is 13.7 Å². The van der Waals surface area contributed by atoms with Crippen LogP contribution in [0, 0.1) is 0 Å². The molecule has 1 atom stereocenters. The van der Waals surface area contributed by atoms with E-state index in [-0.39, 0.29) is 0 Å². The maximum Gasteiger partial charge on any atom is 0.321 e. The zero-order valence-electron chi connectivity index (χ0n) is 15.0. The van der Waals surface area contributed by atoms with E-state index in [0.717, 1.165) is 17.5 Å². The van der Waals surface area contributed by atoms with Crippen molar-refractivity contribution in [1.82, 2.24) is 5.32 Å². The van der Waals surface area contributed by atoms with Crippen molar-refractivity contribution >= 4 is 17.6 Å². The van der Waals surface area contributed by atoms with Crippen LogP contribution in [0.25, 0.3) is 0 Å². The third-order valence-electron chi connectivity index (χ3n) is 3.87. The Kier molecular flexibility index (Phi) is 7.75. The first kappa shape index (κ1) is 20.1. The van der Waals surface area contributed by atoms with E-state index in [9.17, 15) is 9.90 Å². The van der Waals surface area contributed by atoms with Crippen LogP contribution in [0.4, 0.5) is 0 Å². The molecule has 0 radical (unpaired) electrons. The van der Waals surface area contributed by atoms with Crippen LogP contribution >= 0.6 is 11.6 Å². The number of carbonyl (C=O) groups is 1. The van der Waals surface area contributed by atoms with Gasteiger partial charge in [0.1, 0.15) is 6.04 Å². The lowest BCUT2D eigenvalue weighted by Gasteiger charge is -2.17. The Hall–Kier alpha value is -2.24. The first-order valence-electron chi connectivity index (χ1n) is 8.54. The van der Waals surface area contributed by atoms with Crippen molar-refractivity contribution in [3.63, 3.8) is 0 Å². The molecule has 5 nitrogen and oxygen atoms in total. The minimum absolute atomic E-state index is 0.355. The van der Waals surface area contributed by atoms with Gasteiger partial charge in [0.05, 0.1) is 18.7 Å². The average molecular weight is 378 g/mol. The lowest BCUT2D eigenvalue weighted by atomic mass is 10.1. The zero-order valence-corrected chi connectivity index (χ0v) is 15.8. The molecule has 2 rings (SSSR count). The number of benzene rings is 2. The number of rotatable bonds is 10. The van der Waals surface area contributed by atoms with Crippen molar-refractivity contribution in [3.8, 4) is 11.5 Å². The van der Waals surface area contributed by atoms with Crippen LogP contribution in [-0.4, -0.2) is 30.8 Å². The number of carboxylic acids is 1. The van der Waals surface area contributed by atoms with E-state index in [1.807, 2.05) is 43.3 Å². The highest BCUT2D eigenvalue weighted by Crippen LogP contribution is 2.36. The second-order valence-corrected chi connectivity index (χ2v) is 6.33. The third kappa shape index (κ3) is 5.64. The summed E-state index contributed by atoms with van der Waals surface area (Å²) in [6, 6.07) is 12.4. The summed E-state index contributed by atoms with van der Waals surface area (Å²) in [6.45, 7) is 2.91. The number of ether oxygens (including phenoxy) is 2. The molecule has 140 valence electrons. The Morgan fingerprint density at radius 3 is 2.58 bits per heavy atom. The minimum atomic E-state index is -0.894. The molecule has 0 aromatic heterocycles. The fraction of sp³-hybridized carbons (Fsp3) is 0.350. The van der Waals surface area contributed by atoms with Gasteiger partial charge in [-0.05, 0) is 36.1 Å². The summed E-state index contributed by atoms with van der Waals surface area (Å²) in [5.74, 6) is 0.159. The number of carboxylic acid groups (broad SMARTS) is 1. The van der Waals surface area contributed by atoms with Gasteiger partial charge in [0.15, 0.2) is 11.5 Å². The molecule has 0 amide bonds. The van der Waals surface area contributed by atoms with Crippen molar-refractivity contribution in [1.29, 1.82) is 0 Å². The summed E-state index contributed by atoms with van der Waals surface area (Å²) in [5, 5.41) is 13.0. The van der Waals surface area contributed by atoms with Crippen LogP contribution in [0.1, 0.15) is 24.5 Å². The van der Waals surface area contributed by atoms with Crippen LogP contribution < -0.4 is 14.8 Å². The van der Waals surface area contributed by atoms with E-state index >= 15 is 0 Å². The SMILES string of the molecule is CCCOc1c(Cl)cc(CN[C@@H](Cc2ccccc2)C(=O)O)cc1OC. The van der Waals surface area contributed by atoms with Crippen LogP contribution in [0.2, 0.25) is 5.02 Å². The van der Waals surface area contributed by atoms with E-state index in [1.54, 1.807) is 13.2 Å². The number of halogens is 1. The molecular weight excluding hydrogens is 354 g/mol. The van der Waals surface area contributed by atoms with Crippen molar-refractivity contribution in [2.45, 2.75) is 32.4 Å². The van der Waals surface area contributed by atoms with Gasteiger partial charge in [-0.15, -0.1) is 0 Å². The monoisotopic (exact) mass is 377 g/mol. The van der Waals surface area contributed by atoms with Gasteiger partial charge in [0, 0.05) is 6.54 Å². The second kappa shape index (κ2) is 10.0. The second-order valence-electron chi connectivity index (χ2n) is 5.92. The maximum atomic E-state index is 11.6. The largest absolute Gasteiger partial charge is 0.493 e. The van der Waals surface area contributed by atoms with Gasteiger partial charge in [-0.1, -0.05) is 48.9 Å². The predicted molar refractivity (Wildman–Crippen MR) is 102 cm³/mol. The van der Waals surface area contributed by atoms with Gasteiger partial charge < -0.3 is 19.9 Å². The topological polar surface area (TPSA) is 67.8 Å². The third-order valence-corrected chi connectivity index (χ3v) is 4.15. The Labute approximate surface area is 158 Å². The summed E-state index contributed by atoms with van der Waals surface area (Å²) in [6.07, 6.45) is 1.27. The molecule has 6 heteroatoms. The molecular formula is C20H24ClNO4. The number of hydrogen-bond acceptors (Lipinski definition) is 4. The molecule has 0 spiro atoms. The van der Waals surface area contributed by atoms with Crippen LogP contribution in [0.5, 0.6) is 11.5 Å². The number of methoxy groups -OCH3 is 1. The lowest BCUT2D eigenvalue weighted by Crippen LogP contribution is -2.38. The van der Waals surface area contributed by atoms with Crippen LogP contribution in [-0.2, 0) is 17.8 Å². The van der Waals surface area contributed by atoms with Gasteiger partial charge >= 0.3 is 5.97 Å². The molecule has 0 bridgehead atoms. The maximum absolute atomic E-state index is 11.6. The highest BCUT2D eigenvalue weighted by Gasteiger charge is 2.18. The molecule has 2 aromatic carbocycles. The van der Waals surface area contributed by atoms with Gasteiger partial charge in [-0.2, -0.15) is 0 Å². The average Bonchev–Trinajstić information content (AvgIpc) is 2.64. The van der Waals surface area contributed by atoms with Gasteiger partial charge in [-0.25, -0.2) is 0 Å². The summed E-state index contributed by atoms with van der Waals surface area (Å²) in [5.41, 5.74) is 1.79. The first-order chi connectivity index (χ1) is 12.5. The number of nitrogens with one attached hydrogen (secondary N) is 1. The van der Waals surface area contributed by atoms with E-state index in [0.29, 0.717) is 36.1 Å². The summed E-state index contributed by atoms with van der Waals surface area (Å²) in [7, 11) is 1.55. The van der Waals surface area contributed by atoms with E-state index in [1.165, 1.54) is 0 Å². The molecule has 0 unspecified atom stereocenters. The summed E-state index contributed by atoms with van der Waals surface area (Å²) < 4.78 is 11.0. The molecule has 0 heterocycles. The highest BCUT2D eigenvalue weighted by molar-refractivity contribution is 6.32. The molecule has 26 heavy (non-hydrogen) atoms. The van der Waals surface area contributed by atoms with Crippen LogP contribution in [0.15, 0.2) is 42.5 Å². The molecule has 0 aliphatic carbocycles. The van der Waals surface area contributed by atoms with Gasteiger partial charge in [0.25, 0.3) is 0 Å². The Balaban J connectivity index is 2.08. The van der Waals surface area contributed by atoms with Crippen molar-refractivity contribution in [3.05, 3.63) is 58.6 Å². The van der Waals surface area contributed by atoms with E-state index in [2.05, 4.69) is 5.32 Å². The Bertz CT molecular complexity index is 721. The molecule has 0 aliphatic heterocycles. The van der Waals surface area contributed by atoms with Crippen molar-refractivity contribution in [2.24, 2.45) is 0 Å². The van der Waals surface area contributed by atoms with E-state index < -0.39 is 12.0 Å². The molecule has 0 aliphatic rings. The zero-order chi connectivity index (χ0) is 18.9. The normalized spacial score (nSPS) is 11.8. The Morgan fingerprint density at radius 1 is 1.23 bits per heavy atom. The molecule has 0 saturated carbocycles. The molecule has 2 N–H and O–H groups in total. The summed E-state index contributed by atoms with van der Waals surface area (Å²) in [4.78, 5) is 11.6. The fourth-order valence-electron chi connectivity index (χ4n) is 2.56. The summed E-state index contributed by atoms with van der Waals surface area (Å²) >= 11 is 6.31. The molecule has 0 saturated heterocycles. The van der Waals surface area contributed by atoms with Gasteiger partial charge in [-0.3, -0.25) is 4.79 Å². The Morgan fingerprint density at radius 2 is 1.96 bits per heavy atom. The fourth-order valence-corrected chi connectivity index (χ4v) is 2.84. The highest BCUT2D eigenvalue weighted by atomic mass is 35.5. The minimum Gasteiger partial charge on any atom is -0.493 e. The molecule has 0 fully saturated rings. The van der Waals surface area contributed by atoms with Crippen LogP contribution in [0.3, 0.4) is 0 Å². The number of hydrogen-bond donors (Lipinski definition) is 2. The van der Waals surface area contributed by atoms with Gasteiger partial charge in [0.2, 0.25) is 0 Å². The number of aliphatic carboxylic acids is 1.